The first-order chi connectivity index (χ1) is 15.7. The van der Waals surface area contributed by atoms with Gasteiger partial charge in [-0.15, -0.1) is 0 Å². The number of benzene rings is 2. The average Bonchev–Trinajstić information content (AvgIpc) is 2.81. The van der Waals surface area contributed by atoms with E-state index in [1.165, 1.54) is 0 Å². The number of carbonyl (C=O) groups excluding carboxylic acids is 1. The van der Waals surface area contributed by atoms with Crippen molar-refractivity contribution < 1.29 is 4.79 Å². The summed E-state index contributed by atoms with van der Waals surface area (Å²) in [6.07, 6.45) is 4.15. The van der Waals surface area contributed by atoms with Crippen molar-refractivity contribution in [1.29, 1.82) is 0 Å². The lowest BCUT2D eigenvalue weighted by Gasteiger charge is -2.32. The van der Waals surface area contributed by atoms with Gasteiger partial charge in [0.15, 0.2) is 5.78 Å². The van der Waals surface area contributed by atoms with Crippen LogP contribution in [0.5, 0.6) is 0 Å². The Kier molecular flexibility index (Phi) is 5.69. The van der Waals surface area contributed by atoms with Crippen molar-refractivity contribution in [2.75, 3.05) is 25.0 Å². The lowest BCUT2D eigenvalue weighted by molar-refractivity contribution is -0.119. The third-order valence-corrected chi connectivity index (χ3v) is 6.22. The van der Waals surface area contributed by atoms with Gasteiger partial charge in [0.05, 0.1) is 6.54 Å². The predicted molar refractivity (Wildman–Crippen MR) is 128 cm³/mol. The topological polar surface area (TPSA) is 78.1 Å². The summed E-state index contributed by atoms with van der Waals surface area (Å²) in [5.74, 6) is 0.262. The van der Waals surface area contributed by atoms with E-state index in [1.54, 1.807) is 6.20 Å². The molecule has 5 rings (SSSR count). The van der Waals surface area contributed by atoms with Gasteiger partial charge in [0.1, 0.15) is 5.65 Å². The fourth-order valence-electron chi connectivity index (χ4n) is 4.61. The van der Waals surface area contributed by atoms with Crippen LogP contribution >= 0.6 is 0 Å². The summed E-state index contributed by atoms with van der Waals surface area (Å²) < 4.78 is 0. The molecule has 0 aliphatic carbocycles. The van der Waals surface area contributed by atoms with Crippen LogP contribution in [0.25, 0.3) is 21.8 Å². The highest BCUT2D eigenvalue weighted by Gasteiger charge is 2.22. The molecule has 3 heterocycles. The Bertz CT molecular complexity index is 1310. The Morgan fingerprint density at radius 1 is 1.00 bits per heavy atom. The van der Waals surface area contributed by atoms with E-state index in [4.69, 9.17) is 0 Å². The minimum atomic E-state index is -0.119. The smallest absolute Gasteiger partial charge is 0.257 e. The summed E-state index contributed by atoms with van der Waals surface area (Å²) in [7, 11) is 0. The number of hydrogen-bond donors (Lipinski definition) is 2. The van der Waals surface area contributed by atoms with E-state index in [0.717, 1.165) is 48.0 Å². The number of H-pyrrole nitrogens is 1. The molecule has 0 bridgehead atoms. The van der Waals surface area contributed by atoms with Crippen LogP contribution in [0, 0.1) is 0 Å². The van der Waals surface area contributed by atoms with E-state index < -0.39 is 0 Å². The van der Waals surface area contributed by atoms with Gasteiger partial charge >= 0.3 is 0 Å². The number of piperidine rings is 1. The van der Waals surface area contributed by atoms with Crippen molar-refractivity contribution in [3.63, 3.8) is 0 Å². The number of carbonyl (C=O) groups is 1. The first kappa shape index (κ1) is 20.4. The molecule has 2 aromatic heterocycles. The SMILES string of the molecule is O=C(Cc1ccccc1)CN1CCC(Nc2ccnc3[nH]c(=O)c4ccccc4c23)CC1. The van der Waals surface area contributed by atoms with Gasteiger partial charge in [-0.25, -0.2) is 4.98 Å². The van der Waals surface area contributed by atoms with Gasteiger partial charge in [0.2, 0.25) is 0 Å². The maximum atomic E-state index is 12.5. The molecule has 0 spiro atoms. The highest BCUT2D eigenvalue weighted by molar-refractivity contribution is 6.10. The van der Waals surface area contributed by atoms with Crippen LogP contribution in [0.15, 0.2) is 71.7 Å². The van der Waals surface area contributed by atoms with Gasteiger partial charge in [0, 0.05) is 53.6 Å². The molecule has 6 nitrogen and oxygen atoms in total. The molecule has 0 amide bonds. The zero-order valence-corrected chi connectivity index (χ0v) is 17.9. The molecule has 0 radical (unpaired) electrons. The van der Waals surface area contributed by atoms with E-state index in [9.17, 15) is 9.59 Å². The zero-order chi connectivity index (χ0) is 21.9. The Morgan fingerprint density at radius 2 is 1.72 bits per heavy atom. The third-order valence-electron chi connectivity index (χ3n) is 6.22. The molecule has 162 valence electrons. The van der Waals surface area contributed by atoms with Crippen LogP contribution in [0.2, 0.25) is 0 Å². The highest BCUT2D eigenvalue weighted by Crippen LogP contribution is 2.28. The van der Waals surface area contributed by atoms with Crippen molar-refractivity contribution in [3.8, 4) is 0 Å². The number of aromatic nitrogens is 2. The lowest BCUT2D eigenvalue weighted by Crippen LogP contribution is -2.41. The Labute approximate surface area is 186 Å². The largest absolute Gasteiger partial charge is 0.382 e. The molecule has 1 aliphatic rings. The summed E-state index contributed by atoms with van der Waals surface area (Å²) in [4.78, 5) is 34.4. The number of hydrogen-bond acceptors (Lipinski definition) is 5. The molecule has 6 heteroatoms. The predicted octanol–water partition coefficient (Wildman–Crippen LogP) is 3.76. The summed E-state index contributed by atoms with van der Waals surface area (Å²) in [6, 6.07) is 19.9. The molecule has 1 saturated heterocycles. The van der Waals surface area contributed by atoms with Gasteiger partial charge < -0.3 is 10.3 Å². The van der Waals surface area contributed by atoms with Crippen LogP contribution in [-0.2, 0) is 11.2 Å². The van der Waals surface area contributed by atoms with E-state index >= 15 is 0 Å². The van der Waals surface area contributed by atoms with Crippen molar-refractivity contribution in [3.05, 3.63) is 82.8 Å². The second-order valence-corrected chi connectivity index (χ2v) is 8.48. The minimum absolute atomic E-state index is 0.119. The van der Waals surface area contributed by atoms with Crippen LogP contribution in [-0.4, -0.2) is 46.3 Å². The highest BCUT2D eigenvalue weighted by atomic mass is 16.1. The molecule has 1 aliphatic heterocycles. The first-order valence-corrected chi connectivity index (χ1v) is 11.1. The van der Waals surface area contributed by atoms with E-state index in [0.29, 0.717) is 30.0 Å². The maximum absolute atomic E-state index is 12.5. The van der Waals surface area contributed by atoms with Gasteiger partial charge in [0.25, 0.3) is 5.56 Å². The van der Waals surface area contributed by atoms with Crippen molar-refractivity contribution >= 4 is 33.3 Å². The fourth-order valence-corrected chi connectivity index (χ4v) is 4.61. The number of pyridine rings is 2. The molecular formula is C26H26N4O2. The monoisotopic (exact) mass is 426 g/mol. The standard InChI is InChI=1S/C26H26N4O2/c31-20(16-18-6-2-1-3-7-18)17-30-14-11-19(12-15-30)28-23-10-13-27-25-24(23)21-8-4-5-9-22(21)26(32)29-25/h1-10,13,19H,11-12,14-17H2,(H2,27,28,29,32). The number of nitrogens with one attached hydrogen (secondary N) is 2. The molecule has 32 heavy (non-hydrogen) atoms. The van der Waals surface area contributed by atoms with Crippen LogP contribution in [0.4, 0.5) is 5.69 Å². The van der Waals surface area contributed by atoms with Crippen LogP contribution in [0.3, 0.4) is 0 Å². The number of anilines is 1. The average molecular weight is 427 g/mol. The molecule has 4 aromatic rings. The second-order valence-electron chi connectivity index (χ2n) is 8.48. The fraction of sp³-hybridized carbons (Fsp3) is 0.269. The Hall–Kier alpha value is -3.51. The Balaban J connectivity index is 1.26. The summed E-state index contributed by atoms with van der Waals surface area (Å²) in [5, 5.41) is 6.20. The molecule has 2 aromatic carbocycles. The minimum Gasteiger partial charge on any atom is -0.382 e. The number of likely N-dealkylation sites (tertiary alicyclic amines) is 1. The van der Waals surface area contributed by atoms with E-state index in [2.05, 4.69) is 20.2 Å². The van der Waals surface area contributed by atoms with Crippen LogP contribution in [0.1, 0.15) is 18.4 Å². The number of aromatic amines is 1. The van der Waals surface area contributed by atoms with Crippen molar-refractivity contribution in [2.24, 2.45) is 0 Å². The number of rotatable bonds is 6. The lowest BCUT2D eigenvalue weighted by atomic mass is 10.0. The zero-order valence-electron chi connectivity index (χ0n) is 17.9. The molecular weight excluding hydrogens is 400 g/mol. The van der Waals surface area contributed by atoms with E-state index in [1.807, 2.05) is 60.7 Å². The number of fused-ring (bicyclic) bond motifs is 3. The quantitative estimate of drug-likeness (QED) is 0.459. The summed E-state index contributed by atoms with van der Waals surface area (Å²) in [5.41, 5.74) is 2.54. The normalized spacial score (nSPS) is 15.2. The second kappa shape index (κ2) is 8.93. The number of nitrogens with zero attached hydrogens (tertiary/aromatic N) is 2. The molecule has 2 N–H and O–H groups in total. The van der Waals surface area contributed by atoms with Gasteiger partial charge in [-0.1, -0.05) is 48.5 Å². The van der Waals surface area contributed by atoms with Crippen molar-refractivity contribution in [2.45, 2.75) is 25.3 Å². The maximum Gasteiger partial charge on any atom is 0.257 e. The Morgan fingerprint density at radius 3 is 2.50 bits per heavy atom. The van der Waals surface area contributed by atoms with E-state index in [-0.39, 0.29) is 11.3 Å². The molecule has 0 saturated carbocycles. The number of ketones is 1. The van der Waals surface area contributed by atoms with Gasteiger partial charge in [-0.3, -0.25) is 14.5 Å². The first-order valence-electron chi connectivity index (χ1n) is 11.1. The van der Waals surface area contributed by atoms with Crippen molar-refractivity contribution in [1.82, 2.24) is 14.9 Å². The summed E-state index contributed by atoms with van der Waals surface area (Å²) >= 11 is 0. The summed E-state index contributed by atoms with van der Waals surface area (Å²) in [6.45, 7) is 2.28. The molecule has 0 unspecified atom stereocenters. The molecule has 1 fully saturated rings. The van der Waals surface area contributed by atoms with Crippen LogP contribution < -0.4 is 10.9 Å². The third kappa shape index (κ3) is 4.27. The van der Waals surface area contributed by atoms with Gasteiger partial charge in [-0.05, 0) is 30.5 Å². The molecule has 0 atom stereocenters. The van der Waals surface area contributed by atoms with Gasteiger partial charge in [-0.2, -0.15) is 0 Å². The number of Topliss-reactive ketones (excluding diaryl/α,β-unsaturated/α-hetero) is 1.